The molecule has 1 atom stereocenters. The highest BCUT2D eigenvalue weighted by Crippen LogP contribution is 2.67. The molecule has 2 saturated carbocycles. The molecule has 0 bridgehead atoms. The molecule has 1 spiro atoms. The average molecular weight is 145 g/mol. The minimum absolute atomic E-state index is 0.312. The van der Waals surface area contributed by atoms with Gasteiger partial charge in [0, 0.05) is 11.8 Å². The van der Waals surface area contributed by atoms with Crippen LogP contribution in [-0.4, -0.2) is 26.8 Å². The lowest BCUT2D eigenvalue weighted by Crippen LogP contribution is -2.75. The fraction of sp³-hybridized carbons (Fsp3) is 1.00. The topological polar surface area (TPSA) is 86.7 Å². The Morgan fingerprint density at radius 1 is 1.10 bits per heavy atom. The summed E-state index contributed by atoms with van der Waals surface area (Å²) in [5, 5.41) is 27.5. The maximum Gasteiger partial charge on any atom is 0.212 e. The third kappa shape index (κ3) is 0.441. The molecule has 0 heterocycles. The Balaban J connectivity index is 2.26. The van der Waals surface area contributed by atoms with Crippen LogP contribution in [0.2, 0.25) is 0 Å². The predicted molar refractivity (Wildman–Crippen MR) is 32.6 cm³/mol. The summed E-state index contributed by atoms with van der Waals surface area (Å²) in [6, 6.07) is 0. The number of aliphatic hydroxyl groups is 3. The van der Waals surface area contributed by atoms with Crippen LogP contribution in [0.15, 0.2) is 0 Å². The van der Waals surface area contributed by atoms with Gasteiger partial charge in [-0.05, 0) is 12.8 Å². The second-order valence-electron chi connectivity index (χ2n) is 3.55. The lowest BCUT2D eigenvalue weighted by molar-refractivity contribution is -0.377. The Bertz CT molecular complexity index is 177. The molecule has 2 aliphatic carbocycles. The number of rotatable bonds is 0. The van der Waals surface area contributed by atoms with Gasteiger partial charge in [0.1, 0.15) is 0 Å². The number of nitrogens with two attached hydrogens (primary N) is 1. The molecule has 4 heteroatoms. The van der Waals surface area contributed by atoms with Crippen LogP contribution in [0.3, 0.4) is 0 Å². The van der Waals surface area contributed by atoms with Crippen LogP contribution in [0.25, 0.3) is 0 Å². The van der Waals surface area contributed by atoms with E-state index in [1.54, 1.807) is 0 Å². The highest BCUT2D eigenvalue weighted by Gasteiger charge is 2.77. The summed E-state index contributed by atoms with van der Waals surface area (Å²) in [5.41, 5.74) is 2.93. The van der Waals surface area contributed by atoms with E-state index in [1.807, 2.05) is 0 Å². The summed E-state index contributed by atoms with van der Waals surface area (Å²) >= 11 is 0. The molecule has 2 fully saturated rings. The first kappa shape index (κ1) is 6.54. The van der Waals surface area contributed by atoms with Crippen LogP contribution in [0.5, 0.6) is 0 Å². The highest BCUT2D eigenvalue weighted by atomic mass is 16.5. The summed E-state index contributed by atoms with van der Waals surface area (Å²) in [5.74, 6) is -2.04. The van der Waals surface area contributed by atoms with Gasteiger partial charge >= 0.3 is 0 Å². The van der Waals surface area contributed by atoms with E-state index in [9.17, 15) is 10.2 Å². The first-order valence-electron chi connectivity index (χ1n) is 3.37. The third-order valence-electron chi connectivity index (χ3n) is 2.80. The van der Waals surface area contributed by atoms with Crippen LogP contribution in [-0.2, 0) is 0 Å². The summed E-state index contributed by atoms with van der Waals surface area (Å²) in [6.07, 6.45) is 1.84. The van der Waals surface area contributed by atoms with Crippen molar-refractivity contribution >= 4 is 0 Å². The fourth-order valence-corrected chi connectivity index (χ4v) is 1.79. The molecule has 0 aromatic carbocycles. The maximum absolute atomic E-state index is 9.21. The molecule has 58 valence electrons. The predicted octanol–water partition coefficient (Wildman–Crippen LogP) is -1.50. The van der Waals surface area contributed by atoms with E-state index >= 15 is 0 Å². The maximum atomic E-state index is 9.21. The van der Waals surface area contributed by atoms with E-state index in [0.717, 1.165) is 12.8 Å². The van der Waals surface area contributed by atoms with Crippen molar-refractivity contribution in [3.63, 3.8) is 0 Å². The zero-order chi connectivity index (χ0) is 7.62. The quantitative estimate of drug-likeness (QED) is 0.312. The molecule has 5 N–H and O–H groups in total. The molecular formula is C6H11NO3. The SMILES string of the molecule is NC1(O)CC2(CC2)C1(O)O. The molecule has 0 aromatic rings. The lowest BCUT2D eigenvalue weighted by atomic mass is 9.67. The van der Waals surface area contributed by atoms with Crippen molar-refractivity contribution in [3.05, 3.63) is 0 Å². The van der Waals surface area contributed by atoms with Crippen LogP contribution in [0.1, 0.15) is 19.3 Å². The van der Waals surface area contributed by atoms with Gasteiger partial charge in [0.2, 0.25) is 5.79 Å². The first-order chi connectivity index (χ1) is 4.41. The van der Waals surface area contributed by atoms with Gasteiger partial charge in [-0.1, -0.05) is 0 Å². The molecule has 1 unspecified atom stereocenters. The molecule has 2 aliphatic rings. The Labute approximate surface area is 58.3 Å². The summed E-state index contributed by atoms with van der Waals surface area (Å²) in [4.78, 5) is 0. The van der Waals surface area contributed by atoms with E-state index in [4.69, 9.17) is 10.8 Å². The van der Waals surface area contributed by atoms with Gasteiger partial charge in [-0.25, -0.2) is 0 Å². The van der Waals surface area contributed by atoms with Gasteiger partial charge in [-0.2, -0.15) is 0 Å². The smallest absolute Gasteiger partial charge is 0.212 e. The van der Waals surface area contributed by atoms with E-state index in [1.165, 1.54) is 0 Å². The molecular weight excluding hydrogens is 134 g/mol. The van der Waals surface area contributed by atoms with Crippen LogP contribution in [0, 0.1) is 5.41 Å². The minimum Gasteiger partial charge on any atom is -0.371 e. The molecule has 10 heavy (non-hydrogen) atoms. The molecule has 0 saturated heterocycles. The monoisotopic (exact) mass is 145 g/mol. The number of hydrogen-bond donors (Lipinski definition) is 4. The molecule has 2 rings (SSSR count). The van der Waals surface area contributed by atoms with Crippen molar-refractivity contribution in [2.75, 3.05) is 0 Å². The Hall–Kier alpha value is -0.160. The molecule has 4 nitrogen and oxygen atoms in total. The lowest BCUT2D eigenvalue weighted by Gasteiger charge is -2.53. The van der Waals surface area contributed by atoms with Crippen molar-refractivity contribution in [1.29, 1.82) is 0 Å². The minimum atomic E-state index is -2.04. The Morgan fingerprint density at radius 2 is 1.60 bits per heavy atom. The standard InChI is InChI=1S/C6H11NO3/c7-5(8)3-4(1-2-4)6(5,9)10/h8-10H,1-3,7H2. The first-order valence-corrected chi connectivity index (χ1v) is 3.37. The van der Waals surface area contributed by atoms with E-state index in [0.29, 0.717) is 6.42 Å². The highest BCUT2D eigenvalue weighted by molar-refractivity contribution is 5.21. The van der Waals surface area contributed by atoms with Crippen LogP contribution >= 0.6 is 0 Å². The second-order valence-corrected chi connectivity index (χ2v) is 3.55. The van der Waals surface area contributed by atoms with Crippen molar-refractivity contribution in [3.8, 4) is 0 Å². The summed E-state index contributed by atoms with van der Waals surface area (Å²) in [6.45, 7) is 0. The van der Waals surface area contributed by atoms with Crippen molar-refractivity contribution < 1.29 is 15.3 Å². The normalized spacial score (nSPS) is 46.8. The van der Waals surface area contributed by atoms with Gasteiger partial charge in [-0.15, -0.1) is 0 Å². The van der Waals surface area contributed by atoms with E-state index < -0.39 is 16.9 Å². The fourth-order valence-electron chi connectivity index (χ4n) is 1.79. The zero-order valence-corrected chi connectivity index (χ0v) is 5.54. The van der Waals surface area contributed by atoms with Crippen molar-refractivity contribution in [2.45, 2.75) is 30.8 Å². The molecule has 0 aliphatic heterocycles. The number of hydrogen-bond acceptors (Lipinski definition) is 4. The van der Waals surface area contributed by atoms with Gasteiger partial charge in [0.15, 0.2) is 5.72 Å². The molecule has 0 radical (unpaired) electrons. The van der Waals surface area contributed by atoms with E-state index in [-0.39, 0.29) is 0 Å². The van der Waals surface area contributed by atoms with Crippen molar-refractivity contribution in [2.24, 2.45) is 11.1 Å². The van der Waals surface area contributed by atoms with Gasteiger partial charge in [0.25, 0.3) is 0 Å². The Kier molecular flexibility index (Phi) is 0.819. The van der Waals surface area contributed by atoms with Crippen LogP contribution in [0.4, 0.5) is 0 Å². The average Bonchev–Trinajstić information content (AvgIpc) is 2.47. The van der Waals surface area contributed by atoms with E-state index in [2.05, 4.69) is 0 Å². The van der Waals surface area contributed by atoms with Crippen molar-refractivity contribution in [1.82, 2.24) is 0 Å². The zero-order valence-electron chi connectivity index (χ0n) is 5.54. The molecule has 0 amide bonds. The van der Waals surface area contributed by atoms with Crippen LogP contribution < -0.4 is 5.73 Å². The third-order valence-corrected chi connectivity index (χ3v) is 2.80. The largest absolute Gasteiger partial charge is 0.371 e. The summed E-state index contributed by atoms with van der Waals surface area (Å²) in [7, 11) is 0. The van der Waals surface area contributed by atoms with Gasteiger partial charge in [0.05, 0.1) is 0 Å². The Morgan fingerprint density at radius 3 is 1.70 bits per heavy atom. The van der Waals surface area contributed by atoms with Gasteiger partial charge < -0.3 is 15.3 Å². The second kappa shape index (κ2) is 1.25. The molecule has 0 aromatic heterocycles. The summed E-state index contributed by atoms with van der Waals surface area (Å²) < 4.78 is 0. The van der Waals surface area contributed by atoms with Gasteiger partial charge in [-0.3, -0.25) is 5.73 Å².